The predicted octanol–water partition coefficient (Wildman–Crippen LogP) is 3.96. The second-order valence-electron chi connectivity index (χ2n) is 4.59. The third-order valence-corrected chi connectivity index (χ3v) is 3.16. The Morgan fingerprint density at radius 2 is 1.40 bits per heavy atom. The summed E-state index contributed by atoms with van der Waals surface area (Å²) in [6, 6.07) is 8.33. The van der Waals surface area contributed by atoms with Gasteiger partial charge < -0.3 is 26.2 Å². The molecule has 0 saturated carbocycles. The number of rotatable bonds is 8. The molecule has 0 aliphatic carbocycles. The van der Waals surface area contributed by atoms with Crippen LogP contribution in [-0.4, -0.2) is 14.2 Å². The Balaban J connectivity index is 2.33. The van der Waals surface area contributed by atoms with Crippen LogP contribution in [-0.2, 0) is 9.68 Å². The molecule has 0 radical (unpaired) electrons. The van der Waals surface area contributed by atoms with E-state index >= 15 is 0 Å². The van der Waals surface area contributed by atoms with Gasteiger partial charge in [-0.25, -0.2) is 0 Å². The maximum atomic E-state index is 11.6. The molecule has 0 unspecified atom stereocenters. The number of hydrogen-bond acceptors (Lipinski definition) is 11. The van der Waals surface area contributed by atoms with Crippen LogP contribution < -0.4 is 15.8 Å². The summed E-state index contributed by atoms with van der Waals surface area (Å²) < 4.78 is 0. The molecule has 0 saturated heterocycles. The SMILES string of the molecule is CON([O-])c1ccc(Nc2ccc(N=O)c(N([O-])OC)c2)cc1N=O. The van der Waals surface area contributed by atoms with Gasteiger partial charge in [0.15, 0.2) is 0 Å². The monoisotopic (exact) mass is 347 g/mol. The van der Waals surface area contributed by atoms with Gasteiger partial charge in [-0.15, -0.1) is 9.81 Å². The summed E-state index contributed by atoms with van der Waals surface area (Å²) in [7, 11) is 2.30. The Hall–Kier alpha value is -3.12. The van der Waals surface area contributed by atoms with Crippen LogP contribution in [0.2, 0.25) is 0 Å². The average Bonchev–Trinajstić information content (AvgIpc) is 2.66. The van der Waals surface area contributed by atoms with E-state index in [1.807, 2.05) is 0 Å². The van der Waals surface area contributed by atoms with Crippen LogP contribution in [0, 0.1) is 20.2 Å². The Kier molecular flexibility index (Phi) is 5.92. The van der Waals surface area contributed by atoms with Crippen molar-refractivity contribution in [1.82, 2.24) is 0 Å². The molecule has 11 heteroatoms. The third-order valence-electron chi connectivity index (χ3n) is 3.16. The van der Waals surface area contributed by atoms with Gasteiger partial charge in [0.1, 0.15) is 11.4 Å². The highest BCUT2D eigenvalue weighted by Crippen LogP contribution is 2.35. The molecule has 25 heavy (non-hydrogen) atoms. The number of nitrogens with zero attached hydrogens (tertiary/aromatic N) is 4. The molecule has 0 aromatic heterocycles. The fraction of sp³-hybridized carbons (Fsp3) is 0.143. The minimum absolute atomic E-state index is 0.0608. The summed E-state index contributed by atoms with van der Waals surface area (Å²) in [5, 5.41) is 31.8. The molecular formula is C14H13N5O6-2. The van der Waals surface area contributed by atoms with Gasteiger partial charge in [-0.1, -0.05) is 0 Å². The summed E-state index contributed by atoms with van der Waals surface area (Å²) in [5.74, 6) is 0. The van der Waals surface area contributed by atoms with Crippen molar-refractivity contribution < 1.29 is 9.68 Å². The highest BCUT2D eigenvalue weighted by molar-refractivity contribution is 5.77. The lowest BCUT2D eigenvalue weighted by Crippen LogP contribution is -2.12. The summed E-state index contributed by atoms with van der Waals surface area (Å²) in [6.07, 6.45) is 0. The number of nitroso groups, excluding NO2 is 2. The number of nitrogens with one attached hydrogen (secondary N) is 1. The zero-order valence-corrected chi connectivity index (χ0v) is 13.2. The minimum atomic E-state index is -0.143. The van der Waals surface area contributed by atoms with E-state index in [9.17, 15) is 20.2 Å². The second-order valence-corrected chi connectivity index (χ2v) is 4.59. The van der Waals surface area contributed by atoms with Gasteiger partial charge in [0.2, 0.25) is 0 Å². The van der Waals surface area contributed by atoms with Crippen LogP contribution in [0.5, 0.6) is 0 Å². The first-order valence-corrected chi connectivity index (χ1v) is 6.78. The molecule has 2 rings (SSSR count). The maximum Gasteiger partial charge on any atom is 0.134 e. The van der Waals surface area contributed by atoms with Gasteiger partial charge in [0.25, 0.3) is 0 Å². The van der Waals surface area contributed by atoms with Crippen molar-refractivity contribution in [2.45, 2.75) is 0 Å². The Morgan fingerprint density at radius 1 is 0.840 bits per heavy atom. The molecule has 1 N–H and O–H groups in total. The van der Waals surface area contributed by atoms with E-state index in [0.29, 0.717) is 11.4 Å². The number of anilines is 4. The van der Waals surface area contributed by atoms with E-state index in [2.05, 4.69) is 25.3 Å². The zero-order valence-electron chi connectivity index (χ0n) is 13.2. The molecule has 0 heterocycles. The van der Waals surface area contributed by atoms with Crippen LogP contribution in [0.4, 0.5) is 34.1 Å². The van der Waals surface area contributed by atoms with Gasteiger partial charge in [-0.05, 0) is 46.8 Å². The van der Waals surface area contributed by atoms with E-state index in [0.717, 1.165) is 14.2 Å². The first-order chi connectivity index (χ1) is 12.0. The first kappa shape index (κ1) is 18.2. The average molecular weight is 347 g/mol. The Bertz CT molecular complexity index is 771. The van der Waals surface area contributed by atoms with Crippen molar-refractivity contribution in [2.75, 3.05) is 30.0 Å². The summed E-state index contributed by atoms with van der Waals surface area (Å²) >= 11 is 0. The maximum absolute atomic E-state index is 11.6. The zero-order chi connectivity index (χ0) is 18.4. The lowest BCUT2D eigenvalue weighted by atomic mass is 10.2. The van der Waals surface area contributed by atoms with Crippen LogP contribution in [0.25, 0.3) is 0 Å². The van der Waals surface area contributed by atoms with E-state index in [4.69, 9.17) is 0 Å². The highest BCUT2D eigenvalue weighted by atomic mass is 16.9. The van der Waals surface area contributed by atoms with E-state index in [1.54, 1.807) is 0 Å². The summed E-state index contributed by atoms with van der Waals surface area (Å²) in [5.41, 5.74) is 0.420. The highest BCUT2D eigenvalue weighted by Gasteiger charge is 2.09. The Labute approximate surface area is 141 Å². The lowest BCUT2D eigenvalue weighted by Gasteiger charge is -2.28. The molecule has 0 bridgehead atoms. The van der Waals surface area contributed by atoms with Crippen molar-refractivity contribution in [3.63, 3.8) is 0 Å². The van der Waals surface area contributed by atoms with Gasteiger partial charge in [-0.2, -0.15) is 0 Å². The number of hydrogen-bond donors (Lipinski definition) is 1. The van der Waals surface area contributed by atoms with Gasteiger partial charge in [0, 0.05) is 11.4 Å². The predicted molar refractivity (Wildman–Crippen MR) is 92.8 cm³/mol. The summed E-state index contributed by atoms with van der Waals surface area (Å²) in [4.78, 5) is 30.7. The minimum Gasteiger partial charge on any atom is -0.733 e. The normalized spacial score (nSPS) is 10.2. The van der Waals surface area contributed by atoms with E-state index in [-0.39, 0.29) is 33.2 Å². The van der Waals surface area contributed by atoms with Crippen molar-refractivity contribution in [3.05, 3.63) is 56.6 Å². The van der Waals surface area contributed by atoms with Crippen LogP contribution in [0.15, 0.2) is 46.8 Å². The molecule has 132 valence electrons. The summed E-state index contributed by atoms with van der Waals surface area (Å²) in [6.45, 7) is 0. The quantitative estimate of drug-likeness (QED) is 0.554. The molecule has 0 aliphatic heterocycles. The van der Waals surface area contributed by atoms with Crippen LogP contribution in [0.1, 0.15) is 0 Å². The lowest BCUT2D eigenvalue weighted by molar-refractivity contribution is 0.198. The van der Waals surface area contributed by atoms with E-state index < -0.39 is 0 Å². The molecule has 2 aromatic carbocycles. The molecule has 0 spiro atoms. The van der Waals surface area contributed by atoms with Gasteiger partial charge in [-0.3, -0.25) is 9.68 Å². The van der Waals surface area contributed by atoms with Gasteiger partial charge >= 0.3 is 0 Å². The molecule has 0 atom stereocenters. The first-order valence-electron chi connectivity index (χ1n) is 6.78. The fourth-order valence-corrected chi connectivity index (χ4v) is 2.02. The van der Waals surface area contributed by atoms with Gasteiger partial charge in [0.05, 0.1) is 25.6 Å². The van der Waals surface area contributed by atoms with Crippen LogP contribution >= 0.6 is 0 Å². The third kappa shape index (κ3) is 4.05. The molecule has 2 aromatic rings. The molecule has 0 aliphatic rings. The van der Waals surface area contributed by atoms with Crippen LogP contribution in [0.3, 0.4) is 0 Å². The van der Waals surface area contributed by atoms with Crippen molar-refractivity contribution in [2.24, 2.45) is 10.4 Å². The molecular weight excluding hydrogens is 334 g/mol. The second kappa shape index (κ2) is 8.12. The largest absolute Gasteiger partial charge is 0.733 e. The van der Waals surface area contributed by atoms with Crippen molar-refractivity contribution >= 4 is 34.1 Å². The number of benzene rings is 2. The molecule has 0 fully saturated rings. The van der Waals surface area contributed by atoms with Crippen molar-refractivity contribution in [3.8, 4) is 0 Å². The van der Waals surface area contributed by atoms with E-state index in [1.165, 1.54) is 36.4 Å². The Morgan fingerprint density at radius 3 is 2.00 bits per heavy atom. The topological polar surface area (TPSA) is 142 Å². The fourth-order valence-electron chi connectivity index (χ4n) is 2.02. The standard InChI is InChI=1S/C14H13N5O6/c1-24-18(22)13-6-4-9(7-12(13)17-21)15-10-3-5-11(16-20)14(8-10)19(23)25-2/h3-8,15H,1-2H3/q-2. The molecule has 0 amide bonds. The smallest absolute Gasteiger partial charge is 0.134 e. The molecule has 11 nitrogen and oxygen atoms in total. The van der Waals surface area contributed by atoms with Crippen molar-refractivity contribution in [1.29, 1.82) is 0 Å².